The summed E-state index contributed by atoms with van der Waals surface area (Å²) >= 11 is 0. The van der Waals surface area contributed by atoms with E-state index < -0.39 is 0 Å². The molecule has 30 heavy (non-hydrogen) atoms. The Hall–Kier alpha value is -3.55. The molecule has 1 aliphatic rings. The number of pyridine rings is 1. The first-order valence-corrected chi connectivity index (χ1v) is 10.3. The molecule has 1 aromatic carbocycles. The van der Waals surface area contributed by atoms with Crippen LogP contribution in [0.25, 0.3) is 0 Å². The van der Waals surface area contributed by atoms with Gasteiger partial charge in [0, 0.05) is 31.4 Å². The van der Waals surface area contributed by atoms with Gasteiger partial charge in [-0.3, -0.25) is 0 Å². The first kappa shape index (κ1) is 18.5. The van der Waals surface area contributed by atoms with Gasteiger partial charge < -0.3 is 9.47 Å². The van der Waals surface area contributed by atoms with Crippen molar-refractivity contribution in [1.82, 2.24) is 34.7 Å². The van der Waals surface area contributed by atoms with E-state index in [2.05, 4.69) is 65.3 Å². The number of piperidine rings is 1. The molecule has 8 heteroatoms. The Bertz CT molecular complexity index is 1050. The molecular weight excluding hydrogens is 376 g/mol. The third kappa shape index (κ3) is 3.94. The van der Waals surface area contributed by atoms with Gasteiger partial charge in [-0.2, -0.15) is 0 Å². The van der Waals surface area contributed by atoms with Crippen LogP contribution in [0.15, 0.2) is 67.1 Å². The quantitative estimate of drug-likeness (QED) is 0.495. The summed E-state index contributed by atoms with van der Waals surface area (Å²) < 4.78 is 4.05. The number of aromatic nitrogens is 7. The maximum atomic E-state index is 4.63. The van der Waals surface area contributed by atoms with Gasteiger partial charge in [0.05, 0.1) is 12.7 Å². The molecule has 152 valence electrons. The lowest BCUT2D eigenvalue weighted by Gasteiger charge is -2.32. The molecule has 0 bridgehead atoms. The molecule has 4 aromatic rings. The van der Waals surface area contributed by atoms with Crippen molar-refractivity contribution in [2.24, 2.45) is 0 Å². The van der Waals surface area contributed by atoms with Crippen molar-refractivity contribution in [2.45, 2.75) is 31.8 Å². The largest absolute Gasteiger partial charge is 0.357 e. The summed E-state index contributed by atoms with van der Waals surface area (Å²) in [6.45, 7) is 3.26. The molecule has 3 aromatic heterocycles. The second-order valence-electron chi connectivity index (χ2n) is 7.60. The topological polar surface area (TPSA) is 77.5 Å². The van der Waals surface area contributed by atoms with Gasteiger partial charge >= 0.3 is 0 Å². The lowest BCUT2D eigenvalue weighted by Crippen LogP contribution is -2.34. The fourth-order valence-corrected chi connectivity index (χ4v) is 4.08. The minimum Gasteiger partial charge on any atom is -0.357 e. The number of hydrogen-bond acceptors (Lipinski definition) is 6. The van der Waals surface area contributed by atoms with E-state index in [9.17, 15) is 0 Å². The van der Waals surface area contributed by atoms with Crippen LogP contribution in [0.2, 0.25) is 0 Å². The lowest BCUT2D eigenvalue weighted by atomic mass is 9.95. The van der Waals surface area contributed by atoms with Crippen LogP contribution in [0.1, 0.15) is 36.0 Å². The zero-order valence-corrected chi connectivity index (χ0v) is 16.7. The van der Waals surface area contributed by atoms with Gasteiger partial charge in [-0.15, -0.1) is 15.3 Å². The Balaban J connectivity index is 1.38. The normalized spacial score (nSPS) is 14.9. The minimum atomic E-state index is 0.380. The summed E-state index contributed by atoms with van der Waals surface area (Å²) in [6.07, 6.45) is 7.46. The highest BCUT2D eigenvalue weighted by Crippen LogP contribution is 2.29. The molecule has 0 N–H and O–H groups in total. The van der Waals surface area contributed by atoms with E-state index in [-0.39, 0.29) is 0 Å². The van der Waals surface area contributed by atoms with E-state index in [1.54, 1.807) is 10.9 Å². The van der Waals surface area contributed by atoms with Crippen molar-refractivity contribution < 1.29 is 0 Å². The van der Waals surface area contributed by atoms with Crippen molar-refractivity contribution in [3.05, 3.63) is 84.3 Å². The molecule has 0 spiro atoms. The third-order valence-corrected chi connectivity index (χ3v) is 5.65. The molecule has 0 saturated carbocycles. The van der Waals surface area contributed by atoms with Gasteiger partial charge in [0.2, 0.25) is 0 Å². The van der Waals surface area contributed by atoms with E-state index in [4.69, 9.17) is 0 Å². The molecule has 0 aliphatic carbocycles. The fraction of sp³-hybridized carbons (Fsp3) is 0.318. The van der Waals surface area contributed by atoms with Crippen LogP contribution in [-0.4, -0.2) is 47.8 Å². The Morgan fingerprint density at radius 3 is 2.43 bits per heavy atom. The van der Waals surface area contributed by atoms with Crippen LogP contribution in [0, 0.1) is 0 Å². The van der Waals surface area contributed by atoms with Crippen molar-refractivity contribution >= 4 is 5.82 Å². The van der Waals surface area contributed by atoms with E-state index in [0.717, 1.165) is 49.9 Å². The summed E-state index contributed by atoms with van der Waals surface area (Å²) in [5.74, 6) is 3.40. The number of anilines is 1. The van der Waals surface area contributed by atoms with Gasteiger partial charge in [-0.25, -0.2) is 9.67 Å². The maximum absolute atomic E-state index is 4.63. The highest BCUT2D eigenvalue weighted by atomic mass is 15.4. The Morgan fingerprint density at radius 2 is 1.70 bits per heavy atom. The summed E-state index contributed by atoms with van der Waals surface area (Å²) in [5.41, 5.74) is 1.24. The van der Waals surface area contributed by atoms with Crippen molar-refractivity contribution in [3.63, 3.8) is 0 Å². The van der Waals surface area contributed by atoms with Crippen LogP contribution >= 0.6 is 0 Å². The standard InChI is InChI=1S/C22H24N8/c1-2-6-18(7-3-1)16-30-21(17-29-15-12-24-27-29)25-26-22(30)19-9-13-28(14-10-19)20-8-4-5-11-23-20/h1-8,11-12,15,19H,9-10,13-14,16-17H2. The molecule has 1 fully saturated rings. The van der Waals surface area contributed by atoms with Crippen LogP contribution < -0.4 is 4.90 Å². The number of nitrogens with zero attached hydrogens (tertiary/aromatic N) is 8. The Morgan fingerprint density at radius 1 is 0.867 bits per heavy atom. The van der Waals surface area contributed by atoms with Gasteiger partial charge in [-0.1, -0.05) is 41.6 Å². The molecular formula is C22H24N8. The molecule has 4 heterocycles. The molecule has 8 nitrogen and oxygen atoms in total. The van der Waals surface area contributed by atoms with Gasteiger partial charge in [0.25, 0.3) is 0 Å². The van der Waals surface area contributed by atoms with Crippen molar-refractivity contribution in [3.8, 4) is 0 Å². The van der Waals surface area contributed by atoms with Crippen LogP contribution in [0.3, 0.4) is 0 Å². The van der Waals surface area contributed by atoms with E-state index >= 15 is 0 Å². The van der Waals surface area contributed by atoms with Gasteiger partial charge in [0.15, 0.2) is 5.82 Å². The van der Waals surface area contributed by atoms with Gasteiger partial charge in [-0.05, 0) is 30.5 Å². The molecule has 0 unspecified atom stereocenters. The lowest BCUT2D eigenvalue weighted by molar-refractivity contribution is 0.463. The zero-order chi connectivity index (χ0) is 20.2. The van der Waals surface area contributed by atoms with Crippen LogP contribution in [-0.2, 0) is 13.1 Å². The Labute approximate surface area is 175 Å². The van der Waals surface area contributed by atoms with Crippen molar-refractivity contribution in [1.29, 1.82) is 0 Å². The molecule has 0 radical (unpaired) electrons. The van der Waals surface area contributed by atoms with Crippen LogP contribution in [0.5, 0.6) is 0 Å². The smallest absolute Gasteiger partial charge is 0.155 e. The maximum Gasteiger partial charge on any atom is 0.155 e. The SMILES string of the molecule is c1ccc(Cn2c(Cn3ccnn3)nnc2C2CCN(c3ccccn3)CC2)cc1. The number of hydrogen-bond donors (Lipinski definition) is 0. The molecule has 5 rings (SSSR count). The van der Waals surface area contributed by atoms with E-state index in [0.29, 0.717) is 12.5 Å². The molecule has 0 atom stereocenters. The first-order chi connectivity index (χ1) is 14.9. The zero-order valence-electron chi connectivity index (χ0n) is 16.7. The molecule has 0 amide bonds. The average molecular weight is 400 g/mol. The molecule has 1 saturated heterocycles. The van der Waals surface area contributed by atoms with Crippen LogP contribution in [0.4, 0.5) is 5.82 Å². The summed E-state index contributed by atoms with van der Waals surface area (Å²) in [6, 6.07) is 16.6. The Kier molecular flexibility index (Phi) is 5.20. The van der Waals surface area contributed by atoms with E-state index in [1.807, 2.05) is 30.6 Å². The summed E-state index contributed by atoms with van der Waals surface area (Å²) in [4.78, 5) is 6.85. The van der Waals surface area contributed by atoms with E-state index in [1.165, 1.54) is 5.56 Å². The molecule has 1 aliphatic heterocycles. The van der Waals surface area contributed by atoms with Crippen molar-refractivity contribution in [2.75, 3.05) is 18.0 Å². The second kappa shape index (κ2) is 8.44. The minimum absolute atomic E-state index is 0.380. The predicted octanol–water partition coefficient (Wildman–Crippen LogP) is 2.75. The third-order valence-electron chi connectivity index (χ3n) is 5.65. The second-order valence-corrected chi connectivity index (χ2v) is 7.60. The number of rotatable bonds is 6. The fourth-order valence-electron chi connectivity index (χ4n) is 4.08. The first-order valence-electron chi connectivity index (χ1n) is 10.3. The summed E-state index contributed by atoms with van der Waals surface area (Å²) in [5, 5.41) is 17.2. The highest BCUT2D eigenvalue weighted by Gasteiger charge is 2.27. The van der Waals surface area contributed by atoms with Gasteiger partial charge in [0.1, 0.15) is 18.2 Å². The monoisotopic (exact) mass is 400 g/mol. The summed E-state index contributed by atoms with van der Waals surface area (Å²) in [7, 11) is 0. The highest BCUT2D eigenvalue weighted by molar-refractivity contribution is 5.38. The average Bonchev–Trinajstić information content (AvgIpc) is 3.46. The predicted molar refractivity (Wildman–Crippen MR) is 113 cm³/mol. The number of benzene rings is 1.